The van der Waals surface area contributed by atoms with Crippen molar-refractivity contribution in [2.45, 2.75) is 13.0 Å². The summed E-state index contributed by atoms with van der Waals surface area (Å²) in [5.74, 6) is -0.183. The van der Waals surface area contributed by atoms with Gasteiger partial charge in [0.2, 0.25) is 0 Å². The first-order valence-corrected chi connectivity index (χ1v) is 5.15. The molecule has 1 aromatic rings. The molecular weight excluding hydrogens is 206 g/mol. The van der Waals surface area contributed by atoms with Gasteiger partial charge in [0.05, 0.1) is 6.07 Å². The van der Waals surface area contributed by atoms with Crippen LogP contribution < -0.4 is 5.32 Å². The number of nitriles is 1. The fourth-order valence-corrected chi connectivity index (χ4v) is 1.74. The predicted molar refractivity (Wildman–Crippen MR) is 56.6 cm³/mol. The summed E-state index contributed by atoms with van der Waals surface area (Å²) < 4.78 is 0. The third kappa shape index (κ3) is 1.90. The lowest BCUT2D eigenvalue weighted by molar-refractivity contribution is 0.0681. The van der Waals surface area contributed by atoms with E-state index in [1.54, 1.807) is 11.0 Å². The minimum atomic E-state index is -0.404. The molecule has 6 nitrogen and oxygen atoms in total. The number of hydrogen-bond acceptors (Lipinski definition) is 4. The molecule has 84 valence electrons. The maximum atomic E-state index is 12.0. The normalized spacial score (nSPS) is 20.5. The van der Waals surface area contributed by atoms with E-state index in [1.807, 2.05) is 6.92 Å². The number of aryl methyl sites for hydroxylation is 1. The van der Waals surface area contributed by atoms with Crippen molar-refractivity contribution in [2.75, 3.05) is 19.6 Å². The Bertz CT molecular complexity index is 433. The van der Waals surface area contributed by atoms with Gasteiger partial charge in [-0.1, -0.05) is 0 Å². The number of nitrogens with one attached hydrogen (secondary N) is 2. The number of amides is 1. The molecule has 2 heterocycles. The zero-order valence-corrected chi connectivity index (χ0v) is 9.03. The molecule has 1 fully saturated rings. The summed E-state index contributed by atoms with van der Waals surface area (Å²) in [4.78, 5) is 13.6. The lowest BCUT2D eigenvalue weighted by Gasteiger charge is -2.31. The molecule has 16 heavy (non-hydrogen) atoms. The molecule has 0 aromatic carbocycles. The summed E-state index contributed by atoms with van der Waals surface area (Å²) in [5, 5.41) is 18.7. The van der Waals surface area contributed by atoms with E-state index in [9.17, 15) is 4.79 Å². The van der Waals surface area contributed by atoms with Crippen molar-refractivity contribution >= 4 is 5.91 Å². The third-order valence-electron chi connectivity index (χ3n) is 2.58. The molecule has 0 bridgehead atoms. The Kier molecular flexibility index (Phi) is 2.88. The first kappa shape index (κ1) is 10.6. The zero-order valence-electron chi connectivity index (χ0n) is 9.03. The van der Waals surface area contributed by atoms with Crippen LogP contribution in [0.4, 0.5) is 0 Å². The van der Waals surface area contributed by atoms with Crippen LogP contribution in [-0.4, -0.2) is 46.7 Å². The molecular formula is C10H13N5O. The molecule has 1 aliphatic rings. The highest BCUT2D eigenvalue weighted by Gasteiger charge is 2.28. The summed E-state index contributed by atoms with van der Waals surface area (Å²) in [6, 6.07) is 3.40. The molecule has 1 aromatic heterocycles. The fraction of sp³-hybridized carbons (Fsp3) is 0.500. The Morgan fingerprint density at radius 3 is 3.19 bits per heavy atom. The van der Waals surface area contributed by atoms with Crippen molar-refractivity contribution in [3.8, 4) is 6.07 Å². The number of carbonyl (C=O) groups excluding carboxylic acids is 1. The van der Waals surface area contributed by atoms with Gasteiger partial charge < -0.3 is 10.2 Å². The van der Waals surface area contributed by atoms with Crippen LogP contribution >= 0.6 is 0 Å². The molecule has 6 heteroatoms. The standard InChI is InChI=1S/C10H13N5O/c1-7-4-9(14-13-7)10(16)15-3-2-12-6-8(15)5-11/h4,8,12H,2-3,6H2,1H3,(H,13,14). The molecule has 0 aliphatic carbocycles. The predicted octanol–water partition coefficient (Wildman–Crippen LogP) is -0.344. The van der Waals surface area contributed by atoms with Crippen molar-refractivity contribution in [3.63, 3.8) is 0 Å². The molecule has 0 radical (unpaired) electrons. The number of rotatable bonds is 1. The molecule has 0 saturated carbocycles. The van der Waals surface area contributed by atoms with Crippen molar-refractivity contribution in [1.82, 2.24) is 20.4 Å². The number of aromatic nitrogens is 2. The Labute approximate surface area is 93.2 Å². The van der Waals surface area contributed by atoms with Crippen LogP contribution in [0.15, 0.2) is 6.07 Å². The van der Waals surface area contributed by atoms with Gasteiger partial charge in [0, 0.05) is 25.3 Å². The second-order valence-electron chi connectivity index (χ2n) is 3.78. The van der Waals surface area contributed by atoms with Gasteiger partial charge in [-0.2, -0.15) is 10.4 Å². The monoisotopic (exact) mass is 219 g/mol. The summed E-state index contributed by atoms with van der Waals surface area (Å²) in [6.07, 6.45) is 0. The van der Waals surface area contributed by atoms with Gasteiger partial charge in [0.1, 0.15) is 11.7 Å². The quantitative estimate of drug-likeness (QED) is 0.676. The molecule has 1 amide bonds. The SMILES string of the molecule is Cc1cc(C(=O)N2CCNCC2C#N)n[nH]1. The van der Waals surface area contributed by atoms with Crippen LogP contribution in [0.2, 0.25) is 0 Å². The first-order valence-electron chi connectivity index (χ1n) is 5.15. The second kappa shape index (κ2) is 4.33. The van der Waals surface area contributed by atoms with Crippen molar-refractivity contribution in [1.29, 1.82) is 5.26 Å². The van der Waals surface area contributed by atoms with Crippen molar-refractivity contribution in [3.05, 3.63) is 17.5 Å². The van der Waals surface area contributed by atoms with Crippen LogP contribution in [0.5, 0.6) is 0 Å². The van der Waals surface area contributed by atoms with Crippen LogP contribution in [-0.2, 0) is 0 Å². The van der Waals surface area contributed by atoms with Crippen molar-refractivity contribution < 1.29 is 4.79 Å². The number of carbonyl (C=O) groups is 1. The largest absolute Gasteiger partial charge is 0.319 e. The summed E-state index contributed by atoms with van der Waals surface area (Å²) >= 11 is 0. The molecule has 1 saturated heterocycles. The summed E-state index contributed by atoms with van der Waals surface area (Å²) in [6.45, 7) is 3.62. The highest BCUT2D eigenvalue weighted by molar-refractivity contribution is 5.92. The van der Waals surface area contributed by atoms with Crippen LogP contribution in [0.3, 0.4) is 0 Å². The second-order valence-corrected chi connectivity index (χ2v) is 3.78. The smallest absolute Gasteiger partial charge is 0.275 e. The van der Waals surface area contributed by atoms with Gasteiger partial charge in [-0.3, -0.25) is 9.89 Å². The first-order chi connectivity index (χ1) is 7.72. The Balaban J connectivity index is 2.17. The van der Waals surface area contributed by atoms with E-state index in [2.05, 4.69) is 21.6 Å². The van der Waals surface area contributed by atoms with E-state index in [1.165, 1.54) is 0 Å². The summed E-state index contributed by atoms with van der Waals surface area (Å²) in [5.41, 5.74) is 1.21. The number of H-pyrrole nitrogens is 1. The molecule has 2 N–H and O–H groups in total. The van der Waals surface area contributed by atoms with Crippen LogP contribution in [0.25, 0.3) is 0 Å². The Hall–Kier alpha value is -1.87. The van der Waals surface area contributed by atoms with Gasteiger partial charge in [-0.05, 0) is 13.0 Å². The molecule has 1 unspecified atom stereocenters. The lowest BCUT2D eigenvalue weighted by atomic mass is 10.2. The Morgan fingerprint density at radius 1 is 1.75 bits per heavy atom. The maximum Gasteiger partial charge on any atom is 0.275 e. The average molecular weight is 219 g/mol. The van der Waals surface area contributed by atoms with Gasteiger partial charge in [-0.25, -0.2) is 0 Å². The van der Waals surface area contributed by atoms with E-state index in [4.69, 9.17) is 5.26 Å². The highest BCUT2D eigenvalue weighted by Crippen LogP contribution is 2.09. The highest BCUT2D eigenvalue weighted by atomic mass is 16.2. The van der Waals surface area contributed by atoms with E-state index in [0.29, 0.717) is 25.3 Å². The van der Waals surface area contributed by atoms with Gasteiger partial charge in [-0.15, -0.1) is 0 Å². The lowest BCUT2D eigenvalue weighted by Crippen LogP contribution is -2.53. The Morgan fingerprint density at radius 2 is 2.56 bits per heavy atom. The minimum absolute atomic E-state index is 0.183. The van der Waals surface area contributed by atoms with E-state index < -0.39 is 6.04 Å². The van der Waals surface area contributed by atoms with Gasteiger partial charge in [0.15, 0.2) is 0 Å². The van der Waals surface area contributed by atoms with Gasteiger partial charge in [0.25, 0.3) is 5.91 Å². The summed E-state index contributed by atoms with van der Waals surface area (Å²) in [7, 11) is 0. The van der Waals surface area contributed by atoms with Crippen LogP contribution in [0.1, 0.15) is 16.2 Å². The van der Waals surface area contributed by atoms with E-state index in [-0.39, 0.29) is 5.91 Å². The fourth-order valence-electron chi connectivity index (χ4n) is 1.74. The van der Waals surface area contributed by atoms with Crippen molar-refractivity contribution in [2.24, 2.45) is 0 Å². The number of aromatic amines is 1. The number of hydrogen-bond donors (Lipinski definition) is 2. The molecule has 0 spiro atoms. The van der Waals surface area contributed by atoms with Crippen LogP contribution in [0, 0.1) is 18.3 Å². The number of nitrogens with zero attached hydrogens (tertiary/aromatic N) is 3. The topological polar surface area (TPSA) is 84.8 Å². The minimum Gasteiger partial charge on any atom is -0.319 e. The van der Waals surface area contributed by atoms with Gasteiger partial charge >= 0.3 is 0 Å². The van der Waals surface area contributed by atoms with E-state index in [0.717, 1.165) is 5.69 Å². The molecule has 2 rings (SSSR count). The average Bonchev–Trinajstić information content (AvgIpc) is 2.75. The zero-order chi connectivity index (χ0) is 11.5. The number of piperazine rings is 1. The molecule has 1 atom stereocenters. The maximum absolute atomic E-state index is 12.0. The molecule has 1 aliphatic heterocycles. The van der Waals surface area contributed by atoms with E-state index >= 15 is 0 Å². The third-order valence-corrected chi connectivity index (χ3v) is 2.58.